The quantitative estimate of drug-likeness (QED) is 0.216. The summed E-state index contributed by atoms with van der Waals surface area (Å²) in [5.41, 5.74) is 0. The second kappa shape index (κ2) is 14.8. The van der Waals surface area contributed by atoms with Gasteiger partial charge in [0.05, 0.1) is 0 Å². The van der Waals surface area contributed by atoms with Gasteiger partial charge in [-0.2, -0.15) is 0 Å². The molecule has 0 N–H and O–H groups in total. The number of hydrogen-bond donors (Lipinski definition) is 0. The Balaban J connectivity index is 1.10. The lowest BCUT2D eigenvalue weighted by molar-refractivity contribution is 0.166. The molecule has 35 heavy (non-hydrogen) atoms. The van der Waals surface area contributed by atoms with Crippen LogP contribution in [0.3, 0.4) is 0 Å². The molecule has 0 spiro atoms. The molecule has 2 unspecified atom stereocenters. The number of allylic oxidation sites excluding steroid dienone is 6. The predicted octanol–water partition coefficient (Wildman–Crippen LogP) is 11.1. The molecule has 0 saturated heterocycles. The topological polar surface area (TPSA) is 0 Å². The molecule has 0 radical (unpaired) electrons. The molecule has 4 aliphatic carbocycles. The minimum atomic E-state index is 0.722. The van der Waals surface area contributed by atoms with E-state index in [9.17, 15) is 0 Å². The van der Waals surface area contributed by atoms with Crippen molar-refractivity contribution in [2.45, 2.75) is 136 Å². The minimum Gasteiger partial charge on any atom is -0.0851 e. The van der Waals surface area contributed by atoms with Gasteiger partial charge in [-0.3, -0.25) is 0 Å². The highest BCUT2D eigenvalue weighted by Crippen LogP contribution is 2.42. The second-order valence-electron chi connectivity index (χ2n) is 13.2. The molecule has 0 aromatic carbocycles. The van der Waals surface area contributed by atoms with E-state index in [2.05, 4.69) is 50.3 Å². The highest BCUT2D eigenvalue weighted by Gasteiger charge is 2.30. The van der Waals surface area contributed by atoms with Crippen LogP contribution < -0.4 is 0 Å². The summed E-state index contributed by atoms with van der Waals surface area (Å²) in [6.07, 6.45) is 43.1. The van der Waals surface area contributed by atoms with Gasteiger partial charge in [0.25, 0.3) is 0 Å². The van der Waals surface area contributed by atoms with Crippen LogP contribution in [0.5, 0.6) is 0 Å². The summed E-state index contributed by atoms with van der Waals surface area (Å²) in [5, 5.41) is 0. The zero-order valence-electron chi connectivity index (χ0n) is 23.5. The van der Waals surface area contributed by atoms with E-state index in [4.69, 9.17) is 0 Å². The molecule has 198 valence electrons. The maximum absolute atomic E-state index is 2.65. The van der Waals surface area contributed by atoms with Crippen molar-refractivity contribution in [3.05, 3.63) is 36.5 Å². The zero-order chi connectivity index (χ0) is 24.3. The van der Waals surface area contributed by atoms with Crippen molar-refractivity contribution in [3.63, 3.8) is 0 Å². The van der Waals surface area contributed by atoms with Crippen LogP contribution in [0.15, 0.2) is 36.5 Å². The summed E-state index contributed by atoms with van der Waals surface area (Å²) in [4.78, 5) is 0. The summed E-state index contributed by atoms with van der Waals surface area (Å²) in [6, 6.07) is 0. The second-order valence-corrected chi connectivity index (χ2v) is 13.2. The lowest BCUT2D eigenvalue weighted by Crippen LogP contribution is -2.25. The van der Waals surface area contributed by atoms with Crippen LogP contribution in [0, 0.1) is 47.3 Å². The summed E-state index contributed by atoms with van der Waals surface area (Å²) in [5.74, 6) is 7.34. The SMILES string of the molecule is CCCCCC1C=CC(C=CC2CCC(C3CCC(C=CC4CCC(CC)CC4)CC3)CC2)CC1. The van der Waals surface area contributed by atoms with E-state index in [1.165, 1.54) is 122 Å². The zero-order valence-corrected chi connectivity index (χ0v) is 23.5. The lowest BCUT2D eigenvalue weighted by Gasteiger charge is -2.37. The Kier molecular flexibility index (Phi) is 11.6. The van der Waals surface area contributed by atoms with Gasteiger partial charge in [0.1, 0.15) is 0 Å². The molecule has 2 atom stereocenters. The van der Waals surface area contributed by atoms with Gasteiger partial charge in [-0.1, -0.05) is 76.0 Å². The molecule has 0 nitrogen and oxygen atoms in total. The van der Waals surface area contributed by atoms with Crippen LogP contribution in [-0.2, 0) is 0 Å². The van der Waals surface area contributed by atoms with Crippen LogP contribution in [-0.4, -0.2) is 0 Å². The Morgan fingerprint density at radius 1 is 0.543 bits per heavy atom. The van der Waals surface area contributed by atoms with Crippen LogP contribution in [0.4, 0.5) is 0 Å². The van der Waals surface area contributed by atoms with E-state index < -0.39 is 0 Å². The van der Waals surface area contributed by atoms with Crippen LogP contribution in [0.1, 0.15) is 136 Å². The Morgan fingerprint density at radius 2 is 1.09 bits per heavy atom. The molecule has 0 aliphatic heterocycles. The van der Waals surface area contributed by atoms with Gasteiger partial charge in [-0.05, 0) is 144 Å². The summed E-state index contributed by atoms with van der Waals surface area (Å²) >= 11 is 0. The molecule has 0 heteroatoms. The average Bonchev–Trinajstić information content (AvgIpc) is 2.92. The van der Waals surface area contributed by atoms with Crippen molar-refractivity contribution in [3.8, 4) is 0 Å². The van der Waals surface area contributed by atoms with Gasteiger partial charge < -0.3 is 0 Å². The first-order chi connectivity index (χ1) is 17.2. The van der Waals surface area contributed by atoms with Crippen molar-refractivity contribution in [2.75, 3.05) is 0 Å². The highest BCUT2D eigenvalue weighted by atomic mass is 14.4. The Hall–Kier alpha value is -0.780. The number of hydrogen-bond acceptors (Lipinski definition) is 0. The third-order valence-corrected chi connectivity index (χ3v) is 10.7. The Labute approximate surface area is 219 Å². The molecule has 0 bridgehead atoms. The monoisotopic (exact) mass is 478 g/mol. The van der Waals surface area contributed by atoms with Gasteiger partial charge >= 0.3 is 0 Å². The van der Waals surface area contributed by atoms with E-state index in [0.29, 0.717) is 0 Å². The van der Waals surface area contributed by atoms with Crippen molar-refractivity contribution in [1.29, 1.82) is 0 Å². The largest absolute Gasteiger partial charge is 0.0851 e. The maximum Gasteiger partial charge on any atom is -0.00531 e. The molecular weight excluding hydrogens is 420 g/mol. The van der Waals surface area contributed by atoms with Crippen molar-refractivity contribution >= 4 is 0 Å². The molecule has 3 fully saturated rings. The van der Waals surface area contributed by atoms with Gasteiger partial charge in [0.15, 0.2) is 0 Å². The van der Waals surface area contributed by atoms with E-state index in [-0.39, 0.29) is 0 Å². The standard InChI is InChI=1S/C35H58/c1-3-5-6-7-29-12-14-31(15-13-29)17-19-33-22-26-35(27-23-33)34-24-20-32(21-25-34)18-16-30-10-8-28(4-2)9-11-30/h12,14,16-19,28-35H,3-11,13,15,20-27H2,1-2H3. The number of unbranched alkanes of at least 4 members (excludes halogenated alkanes) is 2. The van der Waals surface area contributed by atoms with E-state index >= 15 is 0 Å². The number of rotatable bonds is 10. The Bertz CT molecular complexity index is 644. The predicted molar refractivity (Wildman–Crippen MR) is 154 cm³/mol. The smallest absolute Gasteiger partial charge is 0.00531 e. The van der Waals surface area contributed by atoms with Gasteiger partial charge in [-0.25, -0.2) is 0 Å². The van der Waals surface area contributed by atoms with E-state index in [1.54, 1.807) is 0 Å². The van der Waals surface area contributed by atoms with Crippen molar-refractivity contribution in [1.82, 2.24) is 0 Å². The summed E-state index contributed by atoms with van der Waals surface area (Å²) < 4.78 is 0. The minimum absolute atomic E-state index is 0.722. The molecule has 0 amide bonds. The van der Waals surface area contributed by atoms with Gasteiger partial charge in [-0.15, -0.1) is 0 Å². The molecule has 0 heterocycles. The fourth-order valence-corrected chi connectivity index (χ4v) is 7.98. The molecule has 4 aliphatic rings. The first kappa shape index (κ1) is 27.3. The van der Waals surface area contributed by atoms with Crippen molar-refractivity contribution < 1.29 is 0 Å². The van der Waals surface area contributed by atoms with Crippen LogP contribution in [0.25, 0.3) is 0 Å². The lowest BCUT2D eigenvalue weighted by atomic mass is 9.69. The Morgan fingerprint density at radius 3 is 1.57 bits per heavy atom. The first-order valence-corrected chi connectivity index (χ1v) is 16.3. The summed E-state index contributed by atoms with van der Waals surface area (Å²) in [7, 11) is 0. The average molecular weight is 479 g/mol. The van der Waals surface area contributed by atoms with E-state index in [1.807, 2.05) is 0 Å². The first-order valence-electron chi connectivity index (χ1n) is 16.3. The van der Waals surface area contributed by atoms with E-state index in [0.717, 1.165) is 47.3 Å². The molecular formula is C35H58. The fourth-order valence-electron chi connectivity index (χ4n) is 7.98. The molecule has 4 rings (SSSR count). The third-order valence-electron chi connectivity index (χ3n) is 10.7. The van der Waals surface area contributed by atoms with Crippen LogP contribution >= 0.6 is 0 Å². The van der Waals surface area contributed by atoms with Crippen molar-refractivity contribution in [2.24, 2.45) is 47.3 Å². The molecule has 0 aromatic heterocycles. The maximum atomic E-state index is 2.65. The third kappa shape index (κ3) is 8.93. The molecule has 3 saturated carbocycles. The van der Waals surface area contributed by atoms with Crippen LogP contribution in [0.2, 0.25) is 0 Å². The summed E-state index contributed by atoms with van der Waals surface area (Å²) in [6.45, 7) is 4.69. The normalized spacial score (nSPS) is 38.9. The van der Waals surface area contributed by atoms with Gasteiger partial charge in [0, 0.05) is 0 Å². The highest BCUT2D eigenvalue weighted by molar-refractivity contribution is 5.07. The fraction of sp³-hybridized carbons (Fsp3) is 0.829. The molecule has 0 aromatic rings. The van der Waals surface area contributed by atoms with Gasteiger partial charge in [0.2, 0.25) is 0 Å².